The molecule has 0 amide bonds. The van der Waals surface area contributed by atoms with Crippen molar-refractivity contribution in [1.29, 1.82) is 0 Å². The Kier molecular flexibility index (Phi) is 4.00. The van der Waals surface area contributed by atoms with Gasteiger partial charge in [-0.3, -0.25) is 10.1 Å². The van der Waals surface area contributed by atoms with Crippen LogP contribution < -0.4 is 0 Å². The number of nitrogens with zero attached hydrogens (tertiary/aromatic N) is 1. The Morgan fingerprint density at radius 1 is 1.19 bits per heavy atom. The van der Waals surface area contributed by atoms with Gasteiger partial charge in [0.25, 0.3) is 5.69 Å². The number of hydrogen-bond acceptors (Lipinski definition) is 2. The molecule has 1 rings (SSSR count). The normalized spacial score (nSPS) is 11.4. The first kappa shape index (κ1) is 12.2. The molecule has 0 radical (unpaired) electrons. The number of rotatable bonds is 3. The van der Waals surface area contributed by atoms with Crippen LogP contribution in [-0.4, -0.2) is 4.92 Å². The number of hydrogen-bond donors (Lipinski definition) is 0. The maximum absolute atomic E-state index is 10.8. The highest BCUT2D eigenvalue weighted by Gasteiger charge is 2.14. The first-order chi connectivity index (χ1) is 7.56. The van der Waals surface area contributed by atoms with Crippen molar-refractivity contribution < 1.29 is 4.92 Å². The third-order valence-corrected chi connectivity index (χ3v) is 2.29. The van der Waals surface area contributed by atoms with Crippen LogP contribution >= 0.6 is 0 Å². The number of aryl methyl sites for hydroxylation is 2. The van der Waals surface area contributed by atoms with E-state index in [1.807, 2.05) is 43.4 Å². The molecule has 0 aliphatic carbocycles. The van der Waals surface area contributed by atoms with Crippen LogP contribution in [0.1, 0.15) is 23.6 Å². The van der Waals surface area contributed by atoms with Crippen molar-refractivity contribution in [2.24, 2.45) is 0 Å². The molecule has 0 bridgehead atoms. The maximum Gasteiger partial charge on any atom is 0.275 e. The Hall–Kier alpha value is -1.90. The van der Waals surface area contributed by atoms with E-state index >= 15 is 0 Å². The summed E-state index contributed by atoms with van der Waals surface area (Å²) in [5.74, 6) is 0. The largest absolute Gasteiger partial charge is 0.275 e. The van der Waals surface area contributed by atoms with Gasteiger partial charge >= 0.3 is 0 Å². The van der Waals surface area contributed by atoms with Gasteiger partial charge in [-0.15, -0.1) is 0 Å². The molecule has 0 aliphatic heterocycles. The molecule has 16 heavy (non-hydrogen) atoms. The van der Waals surface area contributed by atoms with Gasteiger partial charge in [-0.05, 0) is 38.5 Å². The quantitative estimate of drug-likeness (QED) is 0.439. The SMILES string of the molecule is C/C=C/C=C/c1cc(C)c([N+](=O)[O-])c(C)c1. The molecule has 3 nitrogen and oxygen atoms in total. The van der Waals surface area contributed by atoms with Gasteiger partial charge in [-0.2, -0.15) is 0 Å². The predicted octanol–water partition coefficient (Wildman–Crippen LogP) is 3.80. The highest BCUT2D eigenvalue weighted by Crippen LogP contribution is 2.24. The van der Waals surface area contributed by atoms with Crippen LogP contribution in [0.25, 0.3) is 6.08 Å². The van der Waals surface area contributed by atoms with Crippen LogP contribution in [0.4, 0.5) is 5.69 Å². The minimum atomic E-state index is -0.329. The van der Waals surface area contributed by atoms with Gasteiger partial charge in [0.1, 0.15) is 0 Å². The van der Waals surface area contributed by atoms with E-state index in [1.54, 1.807) is 13.8 Å². The second kappa shape index (κ2) is 5.26. The fraction of sp³-hybridized carbons (Fsp3) is 0.231. The Morgan fingerprint density at radius 3 is 2.19 bits per heavy atom. The van der Waals surface area contributed by atoms with Gasteiger partial charge < -0.3 is 0 Å². The van der Waals surface area contributed by atoms with E-state index in [1.165, 1.54) is 0 Å². The van der Waals surface area contributed by atoms with E-state index in [9.17, 15) is 10.1 Å². The zero-order chi connectivity index (χ0) is 12.1. The van der Waals surface area contributed by atoms with Crippen molar-refractivity contribution in [2.45, 2.75) is 20.8 Å². The standard InChI is InChI=1S/C13H15NO2/c1-4-5-6-7-12-8-10(2)13(14(15)16)11(3)9-12/h4-9H,1-3H3/b5-4+,7-6+. The molecule has 0 N–H and O–H groups in total. The zero-order valence-electron chi connectivity index (χ0n) is 9.73. The lowest BCUT2D eigenvalue weighted by molar-refractivity contribution is -0.386. The summed E-state index contributed by atoms with van der Waals surface area (Å²) in [7, 11) is 0. The van der Waals surface area contributed by atoms with Crippen molar-refractivity contribution in [3.63, 3.8) is 0 Å². The van der Waals surface area contributed by atoms with Crippen molar-refractivity contribution in [1.82, 2.24) is 0 Å². The number of benzene rings is 1. The van der Waals surface area contributed by atoms with Gasteiger partial charge in [0.05, 0.1) is 4.92 Å². The van der Waals surface area contributed by atoms with Gasteiger partial charge in [0, 0.05) is 11.1 Å². The molecule has 0 fully saturated rings. The second-order valence-corrected chi connectivity index (χ2v) is 3.65. The molecule has 1 aromatic rings. The minimum Gasteiger partial charge on any atom is -0.258 e. The van der Waals surface area contributed by atoms with Crippen molar-refractivity contribution in [3.05, 3.63) is 57.2 Å². The van der Waals surface area contributed by atoms with Crippen LogP contribution in [0.5, 0.6) is 0 Å². The van der Waals surface area contributed by atoms with Gasteiger partial charge in [0.2, 0.25) is 0 Å². The third-order valence-electron chi connectivity index (χ3n) is 2.29. The average Bonchev–Trinajstić information content (AvgIpc) is 2.16. The van der Waals surface area contributed by atoms with Crippen LogP contribution in [0.15, 0.2) is 30.4 Å². The van der Waals surface area contributed by atoms with Gasteiger partial charge in [-0.25, -0.2) is 0 Å². The van der Waals surface area contributed by atoms with Crippen molar-refractivity contribution >= 4 is 11.8 Å². The molecule has 0 aliphatic rings. The zero-order valence-corrected chi connectivity index (χ0v) is 9.73. The molecule has 0 heterocycles. The molecule has 0 aromatic heterocycles. The van der Waals surface area contributed by atoms with Crippen molar-refractivity contribution in [2.75, 3.05) is 0 Å². The lowest BCUT2D eigenvalue weighted by atomic mass is 10.0. The van der Waals surface area contributed by atoms with Gasteiger partial charge in [-0.1, -0.05) is 24.3 Å². The molecular formula is C13H15NO2. The van der Waals surface area contributed by atoms with E-state index in [4.69, 9.17) is 0 Å². The molecule has 1 aromatic carbocycles. The summed E-state index contributed by atoms with van der Waals surface area (Å²) in [5.41, 5.74) is 2.59. The van der Waals surface area contributed by atoms with Crippen LogP contribution in [0.2, 0.25) is 0 Å². The highest BCUT2D eigenvalue weighted by molar-refractivity contribution is 5.59. The minimum absolute atomic E-state index is 0.211. The molecule has 84 valence electrons. The Labute approximate surface area is 95.3 Å². The third kappa shape index (κ3) is 2.79. The Morgan fingerprint density at radius 2 is 1.75 bits per heavy atom. The first-order valence-electron chi connectivity index (χ1n) is 5.11. The predicted molar refractivity (Wildman–Crippen MR) is 66.4 cm³/mol. The fourth-order valence-electron chi connectivity index (χ4n) is 1.65. The van der Waals surface area contributed by atoms with Crippen molar-refractivity contribution in [3.8, 4) is 0 Å². The summed E-state index contributed by atoms with van der Waals surface area (Å²) in [6.45, 7) is 5.47. The van der Waals surface area contributed by atoms with E-state index in [0.717, 1.165) is 5.56 Å². The summed E-state index contributed by atoms with van der Waals surface area (Å²) < 4.78 is 0. The van der Waals surface area contributed by atoms with Crippen LogP contribution in [-0.2, 0) is 0 Å². The summed E-state index contributed by atoms with van der Waals surface area (Å²) in [5, 5.41) is 10.8. The van der Waals surface area contributed by atoms with Crippen LogP contribution in [0.3, 0.4) is 0 Å². The average molecular weight is 217 g/mol. The molecule has 0 atom stereocenters. The van der Waals surface area contributed by atoms with E-state index in [-0.39, 0.29) is 10.6 Å². The number of nitro groups is 1. The molecule has 0 unspecified atom stereocenters. The lowest BCUT2D eigenvalue weighted by Gasteiger charge is -2.02. The summed E-state index contributed by atoms with van der Waals surface area (Å²) in [6, 6.07) is 3.65. The summed E-state index contributed by atoms with van der Waals surface area (Å²) in [4.78, 5) is 10.5. The molecule has 0 spiro atoms. The van der Waals surface area contributed by atoms with E-state index in [2.05, 4.69) is 0 Å². The highest BCUT2D eigenvalue weighted by atomic mass is 16.6. The Bertz CT molecular complexity index is 436. The lowest BCUT2D eigenvalue weighted by Crippen LogP contribution is -1.95. The first-order valence-corrected chi connectivity index (χ1v) is 5.11. The fourth-order valence-corrected chi connectivity index (χ4v) is 1.65. The molecular weight excluding hydrogens is 202 g/mol. The van der Waals surface area contributed by atoms with Crippen LogP contribution in [0, 0.1) is 24.0 Å². The van der Waals surface area contributed by atoms with Gasteiger partial charge in [0.15, 0.2) is 0 Å². The topological polar surface area (TPSA) is 43.1 Å². The molecule has 0 saturated carbocycles. The summed E-state index contributed by atoms with van der Waals surface area (Å²) in [6.07, 6.45) is 7.71. The number of allylic oxidation sites excluding steroid dienone is 3. The van der Waals surface area contributed by atoms with E-state index < -0.39 is 0 Å². The monoisotopic (exact) mass is 217 g/mol. The molecule has 3 heteroatoms. The maximum atomic E-state index is 10.8. The second-order valence-electron chi connectivity index (χ2n) is 3.65. The number of nitro benzene ring substituents is 1. The summed E-state index contributed by atoms with van der Waals surface area (Å²) >= 11 is 0. The Balaban J connectivity index is 3.14. The van der Waals surface area contributed by atoms with E-state index in [0.29, 0.717) is 11.1 Å². The molecule has 0 saturated heterocycles. The smallest absolute Gasteiger partial charge is 0.258 e.